The van der Waals surface area contributed by atoms with Gasteiger partial charge in [0.1, 0.15) is 23.5 Å². The Morgan fingerprint density at radius 2 is 1.86 bits per heavy atom. The maximum Gasteiger partial charge on any atom is 0.251 e. The van der Waals surface area contributed by atoms with Gasteiger partial charge in [0, 0.05) is 43.2 Å². The molecule has 0 spiro atoms. The molecule has 1 aliphatic heterocycles. The fourth-order valence-corrected chi connectivity index (χ4v) is 3.24. The highest BCUT2D eigenvalue weighted by Gasteiger charge is 2.40. The van der Waals surface area contributed by atoms with Crippen LogP contribution in [0, 0.1) is 5.41 Å². The zero-order chi connectivity index (χ0) is 19.9. The average Bonchev–Trinajstić information content (AvgIpc) is 3.39. The Labute approximate surface area is 162 Å². The quantitative estimate of drug-likeness (QED) is 0.604. The first-order valence-electron chi connectivity index (χ1n) is 9.37. The van der Waals surface area contributed by atoms with Crippen LogP contribution in [-0.2, 0) is 0 Å². The number of nitrogen functional groups attached to an aromatic ring is 1. The van der Waals surface area contributed by atoms with Crippen LogP contribution >= 0.6 is 0 Å². The van der Waals surface area contributed by atoms with Crippen molar-refractivity contribution in [3.8, 4) is 5.75 Å². The molecule has 8 heteroatoms. The molecule has 6 nitrogen and oxygen atoms in total. The van der Waals surface area contributed by atoms with Crippen LogP contribution in [0.2, 0.25) is 0 Å². The Hall–Kier alpha value is -2.77. The molecule has 3 N–H and O–H groups in total. The van der Waals surface area contributed by atoms with E-state index < -0.39 is 5.92 Å². The van der Waals surface area contributed by atoms with Crippen LogP contribution in [0.15, 0.2) is 30.6 Å². The van der Waals surface area contributed by atoms with Gasteiger partial charge < -0.3 is 15.4 Å². The third-order valence-corrected chi connectivity index (χ3v) is 5.34. The topological polar surface area (TPSA) is 88.1 Å². The lowest BCUT2D eigenvalue weighted by atomic mass is 10.0. The maximum absolute atomic E-state index is 13.4. The second kappa shape index (κ2) is 6.68. The van der Waals surface area contributed by atoms with Gasteiger partial charge in [0.25, 0.3) is 5.92 Å². The number of alkyl halides is 2. The Bertz CT molecular complexity index is 903. The number of piperidine rings is 1. The standard InChI is InChI=1S/C20H23F2N5O/c1-19(4-5-19)28-13-2-3-15(23)14(10-13)18(24)16-11-17(26-12-25-16)27-8-6-20(21,22)7-9-27/h2-3,10-12,24H,4-9,23H2,1H3. The summed E-state index contributed by atoms with van der Waals surface area (Å²) in [4.78, 5) is 10.2. The van der Waals surface area contributed by atoms with Crippen molar-refractivity contribution in [3.63, 3.8) is 0 Å². The Morgan fingerprint density at radius 1 is 1.14 bits per heavy atom. The molecule has 2 fully saturated rings. The Kier molecular flexibility index (Phi) is 4.44. The summed E-state index contributed by atoms with van der Waals surface area (Å²) in [6, 6.07) is 6.93. The smallest absolute Gasteiger partial charge is 0.251 e. The van der Waals surface area contributed by atoms with E-state index in [0.29, 0.717) is 28.5 Å². The molecule has 0 unspecified atom stereocenters. The SMILES string of the molecule is CC1(Oc2ccc(N)c(C(=N)c3cc(N4CCC(F)(F)CC4)ncn3)c2)CC1. The first-order chi connectivity index (χ1) is 13.2. The molecule has 2 aromatic rings. The van der Waals surface area contributed by atoms with Crippen LogP contribution in [-0.4, -0.2) is 40.3 Å². The number of ether oxygens (including phenoxy) is 1. The predicted molar refractivity (Wildman–Crippen MR) is 103 cm³/mol. The highest BCUT2D eigenvalue weighted by Crippen LogP contribution is 2.40. The summed E-state index contributed by atoms with van der Waals surface area (Å²) in [7, 11) is 0. The number of nitrogens with one attached hydrogen (secondary N) is 1. The zero-order valence-corrected chi connectivity index (χ0v) is 15.7. The molecule has 28 heavy (non-hydrogen) atoms. The van der Waals surface area contributed by atoms with Crippen LogP contribution in [0.5, 0.6) is 5.75 Å². The fourth-order valence-electron chi connectivity index (χ4n) is 3.24. The van der Waals surface area contributed by atoms with Crippen molar-refractivity contribution in [2.75, 3.05) is 23.7 Å². The number of aromatic nitrogens is 2. The minimum atomic E-state index is -2.62. The van der Waals surface area contributed by atoms with Crippen molar-refractivity contribution >= 4 is 17.2 Å². The highest BCUT2D eigenvalue weighted by atomic mass is 19.3. The molecule has 0 radical (unpaired) electrons. The molecular formula is C20H23F2N5O. The van der Waals surface area contributed by atoms with E-state index >= 15 is 0 Å². The second-order valence-corrected chi connectivity index (χ2v) is 7.78. The summed E-state index contributed by atoms with van der Waals surface area (Å²) in [6.07, 6.45) is 2.97. The van der Waals surface area contributed by atoms with Crippen molar-refractivity contribution in [2.24, 2.45) is 0 Å². The van der Waals surface area contributed by atoms with Gasteiger partial charge in [0.2, 0.25) is 0 Å². The third-order valence-electron chi connectivity index (χ3n) is 5.34. The fraction of sp³-hybridized carbons (Fsp3) is 0.450. The zero-order valence-electron chi connectivity index (χ0n) is 15.7. The van der Waals surface area contributed by atoms with Gasteiger partial charge >= 0.3 is 0 Å². The van der Waals surface area contributed by atoms with Crippen molar-refractivity contribution in [1.29, 1.82) is 5.41 Å². The first-order valence-corrected chi connectivity index (χ1v) is 9.37. The molecule has 0 atom stereocenters. The van der Waals surface area contributed by atoms with Gasteiger partial charge in [0.15, 0.2) is 0 Å². The Balaban J connectivity index is 1.56. The minimum Gasteiger partial charge on any atom is -0.488 e. The molecule has 2 aliphatic rings. The first kappa shape index (κ1) is 18.6. The lowest BCUT2D eigenvalue weighted by Gasteiger charge is -2.32. The van der Waals surface area contributed by atoms with Crippen LogP contribution in [0.1, 0.15) is 43.9 Å². The molecule has 1 saturated carbocycles. The molecule has 148 valence electrons. The summed E-state index contributed by atoms with van der Waals surface area (Å²) in [5, 5.41) is 8.56. The van der Waals surface area contributed by atoms with Crippen LogP contribution < -0.4 is 15.4 Å². The van der Waals surface area contributed by atoms with Gasteiger partial charge in [-0.2, -0.15) is 0 Å². The predicted octanol–water partition coefficient (Wildman–Crippen LogP) is 3.64. The van der Waals surface area contributed by atoms with Gasteiger partial charge in [0.05, 0.1) is 11.4 Å². The van der Waals surface area contributed by atoms with Crippen molar-refractivity contribution in [3.05, 3.63) is 41.9 Å². The number of nitrogens with zero attached hydrogens (tertiary/aromatic N) is 3. The van der Waals surface area contributed by atoms with Crippen molar-refractivity contribution in [1.82, 2.24) is 9.97 Å². The number of benzene rings is 1. The summed E-state index contributed by atoms with van der Waals surface area (Å²) in [5.41, 5.74) is 7.47. The summed E-state index contributed by atoms with van der Waals surface area (Å²) in [5.74, 6) is -1.41. The Morgan fingerprint density at radius 3 is 2.54 bits per heavy atom. The number of halogens is 2. The van der Waals surface area contributed by atoms with E-state index in [0.717, 1.165) is 12.8 Å². The molecule has 1 aliphatic carbocycles. The molecule has 1 saturated heterocycles. The summed E-state index contributed by atoms with van der Waals surface area (Å²) >= 11 is 0. The minimum absolute atomic E-state index is 0.131. The number of hydrogen-bond acceptors (Lipinski definition) is 6. The lowest BCUT2D eigenvalue weighted by molar-refractivity contribution is -0.0221. The number of nitrogens with two attached hydrogens (primary N) is 1. The molecule has 1 aromatic heterocycles. The van der Waals surface area contributed by atoms with Gasteiger partial charge in [-0.05, 0) is 38.0 Å². The number of rotatable bonds is 5. The van der Waals surface area contributed by atoms with E-state index in [-0.39, 0.29) is 37.2 Å². The molecule has 4 rings (SSSR count). The monoisotopic (exact) mass is 387 g/mol. The summed E-state index contributed by atoms with van der Waals surface area (Å²) < 4.78 is 32.8. The van der Waals surface area contributed by atoms with Crippen LogP contribution in [0.25, 0.3) is 0 Å². The van der Waals surface area contributed by atoms with Gasteiger partial charge in [-0.25, -0.2) is 18.7 Å². The van der Waals surface area contributed by atoms with E-state index in [1.54, 1.807) is 29.2 Å². The summed E-state index contributed by atoms with van der Waals surface area (Å²) in [6.45, 7) is 2.49. The van der Waals surface area contributed by atoms with Crippen molar-refractivity contribution in [2.45, 2.75) is 44.1 Å². The largest absolute Gasteiger partial charge is 0.488 e. The van der Waals surface area contributed by atoms with E-state index in [1.165, 1.54) is 6.33 Å². The molecular weight excluding hydrogens is 364 g/mol. The normalized spacial score (nSPS) is 19.9. The molecule has 0 bridgehead atoms. The number of hydrogen-bond donors (Lipinski definition) is 2. The number of anilines is 2. The highest BCUT2D eigenvalue weighted by molar-refractivity contribution is 6.13. The molecule has 1 aromatic carbocycles. The molecule has 2 heterocycles. The van der Waals surface area contributed by atoms with E-state index in [4.69, 9.17) is 15.9 Å². The van der Waals surface area contributed by atoms with E-state index in [2.05, 4.69) is 9.97 Å². The second-order valence-electron chi connectivity index (χ2n) is 7.78. The van der Waals surface area contributed by atoms with Gasteiger partial charge in [-0.1, -0.05) is 0 Å². The van der Waals surface area contributed by atoms with E-state index in [1.807, 2.05) is 6.92 Å². The third kappa shape index (κ3) is 3.90. The van der Waals surface area contributed by atoms with Crippen molar-refractivity contribution < 1.29 is 13.5 Å². The molecule has 0 amide bonds. The van der Waals surface area contributed by atoms with Gasteiger partial charge in [-0.3, -0.25) is 5.41 Å². The van der Waals surface area contributed by atoms with Gasteiger partial charge in [-0.15, -0.1) is 0 Å². The lowest BCUT2D eigenvalue weighted by Crippen LogP contribution is -2.39. The maximum atomic E-state index is 13.4. The van der Waals surface area contributed by atoms with E-state index in [9.17, 15) is 8.78 Å². The van der Waals surface area contributed by atoms with Crippen LogP contribution in [0.4, 0.5) is 20.3 Å². The van der Waals surface area contributed by atoms with Crippen LogP contribution in [0.3, 0.4) is 0 Å². The average molecular weight is 387 g/mol.